The highest BCUT2D eigenvalue weighted by molar-refractivity contribution is 6.41. The minimum absolute atomic E-state index is 0.150. The van der Waals surface area contributed by atoms with E-state index in [0.29, 0.717) is 25.4 Å². The van der Waals surface area contributed by atoms with E-state index in [4.69, 9.17) is 10.5 Å². The zero-order valence-electron chi connectivity index (χ0n) is 11.6. The predicted octanol–water partition coefficient (Wildman–Crippen LogP) is -1.72. The first-order valence-electron chi connectivity index (χ1n) is 6.59. The van der Waals surface area contributed by atoms with E-state index in [0.717, 1.165) is 0 Å². The van der Waals surface area contributed by atoms with Gasteiger partial charge in [0.05, 0.1) is 12.7 Å². The van der Waals surface area contributed by atoms with E-state index in [1.807, 2.05) is 0 Å². The lowest BCUT2D eigenvalue weighted by Crippen LogP contribution is -2.45. The first kappa shape index (κ1) is 15.1. The molecule has 1 unspecified atom stereocenters. The number of nitrogens with two attached hydrogens (primary N) is 1. The molecular formula is C12H17N5O4. The monoisotopic (exact) mass is 295 g/mol. The van der Waals surface area contributed by atoms with Gasteiger partial charge < -0.3 is 26.3 Å². The first-order valence-corrected chi connectivity index (χ1v) is 6.59. The lowest BCUT2D eigenvalue weighted by atomic mass is 10.2. The quantitative estimate of drug-likeness (QED) is 0.260. The Morgan fingerprint density at radius 3 is 3.05 bits per heavy atom. The zero-order chi connectivity index (χ0) is 15.4. The molecule has 1 aliphatic heterocycles. The molecule has 0 bridgehead atoms. The molecule has 9 heteroatoms. The summed E-state index contributed by atoms with van der Waals surface area (Å²) in [7, 11) is 0. The van der Waals surface area contributed by atoms with Crippen LogP contribution in [-0.2, 0) is 9.53 Å². The number of nitrogens with zero attached hydrogens (tertiary/aromatic N) is 2. The number of hydrogen-bond donors (Lipinski definition) is 3. The number of nitrogen functional groups attached to an aromatic ring is 1. The fourth-order valence-corrected chi connectivity index (χ4v) is 1.94. The molecule has 0 saturated carbocycles. The number of nitrogens with one attached hydrogen (secondary N) is 2. The Bertz CT molecular complexity index is 557. The number of Topliss-reactive ketones (excluding diaryl/α,β-unsaturated/α-hetero) is 1. The molecule has 1 aromatic rings. The number of likely N-dealkylation sites (N-methyl/N-ethyl adjacent to an activating group) is 1. The van der Waals surface area contributed by atoms with Crippen LogP contribution in [0.2, 0.25) is 0 Å². The summed E-state index contributed by atoms with van der Waals surface area (Å²) in [5.74, 6) is -2.68. The summed E-state index contributed by atoms with van der Waals surface area (Å²) in [4.78, 5) is 27.4. The normalized spacial score (nSPS) is 18.2. The molecule has 2 rings (SSSR count). The number of anilines is 1. The Hall–Kier alpha value is -2.26. The third kappa shape index (κ3) is 3.26. The highest BCUT2D eigenvalue weighted by Gasteiger charge is 2.29. The van der Waals surface area contributed by atoms with Crippen LogP contribution in [0.3, 0.4) is 0 Å². The van der Waals surface area contributed by atoms with Gasteiger partial charge in [-0.3, -0.25) is 9.59 Å². The maximum atomic E-state index is 11.9. The lowest BCUT2D eigenvalue weighted by Gasteiger charge is -2.22. The smallest absolute Gasteiger partial charge is 0.318 e. The molecule has 2 heterocycles. The lowest BCUT2D eigenvalue weighted by molar-refractivity contribution is -0.595. The molecule has 0 aliphatic carbocycles. The van der Waals surface area contributed by atoms with Gasteiger partial charge >= 0.3 is 11.6 Å². The molecular weight excluding hydrogens is 278 g/mol. The highest BCUT2D eigenvalue weighted by Crippen LogP contribution is 2.17. The third-order valence-corrected chi connectivity index (χ3v) is 2.96. The van der Waals surface area contributed by atoms with Crippen LogP contribution in [-0.4, -0.2) is 42.9 Å². The van der Waals surface area contributed by atoms with Crippen molar-refractivity contribution < 1.29 is 19.1 Å². The number of ether oxygens (including phenoxy) is 1. The summed E-state index contributed by atoms with van der Waals surface area (Å²) < 4.78 is 5.65. The molecule has 1 aromatic heterocycles. The van der Waals surface area contributed by atoms with Crippen molar-refractivity contribution in [3.63, 3.8) is 0 Å². The molecule has 0 spiro atoms. The summed E-state index contributed by atoms with van der Waals surface area (Å²) >= 11 is 0. The Morgan fingerprint density at radius 2 is 2.43 bits per heavy atom. The molecule has 1 aliphatic rings. The standard InChI is InChI=1S/C12H17N5O4/c1-2-15-12(19)10(18)11-16-7(5-9(13)17(11)20)8-6-14-3-4-21-8/h5,8,14H,2-4,6,13H2,1H3,(H,15,19). The van der Waals surface area contributed by atoms with Gasteiger partial charge in [-0.2, -0.15) is 0 Å². The number of rotatable bonds is 4. The largest absolute Gasteiger partial charge is 0.740 e. The topological polar surface area (TPSA) is 133 Å². The molecule has 114 valence electrons. The van der Waals surface area contributed by atoms with Crippen LogP contribution in [0.1, 0.15) is 29.3 Å². The van der Waals surface area contributed by atoms with Crippen molar-refractivity contribution in [2.45, 2.75) is 13.0 Å². The maximum Gasteiger partial charge on any atom is 0.318 e. The molecule has 1 saturated heterocycles. The van der Waals surface area contributed by atoms with Crippen molar-refractivity contribution >= 4 is 17.5 Å². The zero-order valence-corrected chi connectivity index (χ0v) is 11.6. The van der Waals surface area contributed by atoms with E-state index in [1.165, 1.54) is 6.07 Å². The summed E-state index contributed by atoms with van der Waals surface area (Å²) in [6.07, 6.45) is -0.414. The second kappa shape index (κ2) is 6.46. The molecule has 4 N–H and O–H groups in total. The molecule has 0 radical (unpaired) electrons. The molecule has 21 heavy (non-hydrogen) atoms. The van der Waals surface area contributed by atoms with Crippen LogP contribution in [0, 0.1) is 5.21 Å². The summed E-state index contributed by atoms with van der Waals surface area (Å²) in [6, 6.07) is 1.35. The van der Waals surface area contributed by atoms with Crippen LogP contribution in [0.15, 0.2) is 6.07 Å². The summed E-state index contributed by atoms with van der Waals surface area (Å²) in [6.45, 7) is 3.62. The number of hydrogen-bond acceptors (Lipinski definition) is 7. The number of aromatic nitrogens is 2. The van der Waals surface area contributed by atoms with Gasteiger partial charge in [-0.1, -0.05) is 0 Å². The van der Waals surface area contributed by atoms with E-state index in [2.05, 4.69) is 15.6 Å². The van der Waals surface area contributed by atoms with Crippen molar-refractivity contribution in [3.8, 4) is 0 Å². The predicted molar refractivity (Wildman–Crippen MR) is 72.2 cm³/mol. The average molecular weight is 295 g/mol. The third-order valence-electron chi connectivity index (χ3n) is 2.96. The summed E-state index contributed by atoms with van der Waals surface area (Å²) in [5, 5.41) is 17.3. The molecule has 9 nitrogen and oxygen atoms in total. The SMILES string of the molecule is CCNC(=O)C(=O)c1nc(C2CNCCO2)cc(N)[n+]1[O-]. The van der Waals surface area contributed by atoms with Crippen molar-refractivity contribution in [2.75, 3.05) is 32.0 Å². The molecule has 1 fully saturated rings. The van der Waals surface area contributed by atoms with E-state index < -0.39 is 23.6 Å². The van der Waals surface area contributed by atoms with Crippen LogP contribution < -0.4 is 21.1 Å². The van der Waals surface area contributed by atoms with Gasteiger partial charge in [-0.15, -0.1) is 4.98 Å². The van der Waals surface area contributed by atoms with E-state index in [9.17, 15) is 14.8 Å². The van der Waals surface area contributed by atoms with Crippen molar-refractivity contribution in [3.05, 3.63) is 22.8 Å². The Morgan fingerprint density at radius 1 is 1.67 bits per heavy atom. The molecule has 0 aromatic carbocycles. The number of ketones is 1. The van der Waals surface area contributed by atoms with Gasteiger partial charge in [0.1, 0.15) is 6.10 Å². The van der Waals surface area contributed by atoms with Crippen LogP contribution >= 0.6 is 0 Å². The van der Waals surface area contributed by atoms with Crippen LogP contribution in [0.5, 0.6) is 0 Å². The highest BCUT2D eigenvalue weighted by atomic mass is 16.5. The number of carbonyl (C=O) groups is 2. The number of carbonyl (C=O) groups excluding carboxylic acids is 2. The fraction of sp³-hybridized carbons (Fsp3) is 0.500. The Balaban J connectivity index is 2.34. The van der Waals surface area contributed by atoms with Crippen molar-refractivity contribution in [2.24, 2.45) is 0 Å². The molecule has 1 amide bonds. The van der Waals surface area contributed by atoms with Gasteiger partial charge in [0.15, 0.2) is 5.69 Å². The van der Waals surface area contributed by atoms with E-state index >= 15 is 0 Å². The van der Waals surface area contributed by atoms with Crippen LogP contribution in [0.4, 0.5) is 5.82 Å². The average Bonchev–Trinajstić information content (AvgIpc) is 2.50. The van der Waals surface area contributed by atoms with Gasteiger partial charge in [0.25, 0.3) is 5.91 Å². The number of amides is 1. The maximum absolute atomic E-state index is 11.9. The van der Waals surface area contributed by atoms with Gasteiger partial charge in [-0.05, 0) is 6.92 Å². The van der Waals surface area contributed by atoms with Gasteiger partial charge in [0, 0.05) is 19.6 Å². The Labute approximate surface area is 121 Å². The first-order chi connectivity index (χ1) is 10.0. The van der Waals surface area contributed by atoms with E-state index in [1.54, 1.807) is 6.92 Å². The minimum atomic E-state index is -1.02. The van der Waals surface area contributed by atoms with E-state index in [-0.39, 0.29) is 17.1 Å². The van der Waals surface area contributed by atoms with Crippen LogP contribution in [0.25, 0.3) is 0 Å². The number of morpholine rings is 1. The van der Waals surface area contributed by atoms with Gasteiger partial charge in [-0.25, -0.2) is 4.73 Å². The minimum Gasteiger partial charge on any atom is -0.740 e. The summed E-state index contributed by atoms with van der Waals surface area (Å²) in [5.41, 5.74) is 5.94. The Kier molecular flexibility index (Phi) is 4.66. The molecule has 1 atom stereocenters. The van der Waals surface area contributed by atoms with Crippen molar-refractivity contribution in [1.82, 2.24) is 15.6 Å². The second-order valence-electron chi connectivity index (χ2n) is 4.48. The van der Waals surface area contributed by atoms with Crippen molar-refractivity contribution in [1.29, 1.82) is 0 Å². The fourth-order valence-electron chi connectivity index (χ4n) is 1.94. The van der Waals surface area contributed by atoms with Gasteiger partial charge in [0.2, 0.25) is 5.82 Å². The second-order valence-corrected chi connectivity index (χ2v) is 4.48.